The number of nitrogens with zero attached hydrogens (tertiary/aromatic N) is 1. The summed E-state index contributed by atoms with van der Waals surface area (Å²) in [6.45, 7) is 11.2. The van der Waals surface area contributed by atoms with Crippen molar-refractivity contribution in [1.82, 2.24) is 0 Å². The molecule has 0 aromatic heterocycles. The lowest BCUT2D eigenvalue weighted by Gasteiger charge is -2.20. The molecule has 0 amide bonds. The summed E-state index contributed by atoms with van der Waals surface area (Å²) in [4.78, 5) is 10.3. The second kappa shape index (κ2) is 5.48. The van der Waals surface area contributed by atoms with Crippen LogP contribution in [-0.4, -0.2) is 13.0 Å². The quantitative estimate of drug-likeness (QED) is 0.448. The SMILES string of the molecule is CC(C)=C(C[Si](C)(C)C)c1ccc([N+](=O)[O-])cc1. The minimum Gasteiger partial charge on any atom is -0.258 e. The van der Waals surface area contributed by atoms with E-state index in [1.807, 2.05) is 12.1 Å². The van der Waals surface area contributed by atoms with Crippen molar-refractivity contribution in [2.75, 3.05) is 0 Å². The van der Waals surface area contributed by atoms with Crippen LogP contribution >= 0.6 is 0 Å². The molecule has 0 unspecified atom stereocenters. The van der Waals surface area contributed by atoms with E-state index in [0.29, 0.717) is 0 Å². The van der Waals surface area contributed by atoms with Gasteiger partial charge in [-0.05, 0) is 43.2 Å². The average molecular weight is 263 g/mol. The molecule has 0 aliphatic heterocycles. The fourth-order valence-electron chi connectivity index (χ4n) is 1.88. The number of nitro groups is 1. The molecule has 4 heteroatoms. The van der Waals surface area contributed by atoms with E-state index in [9.17, 15) is 10.1 Å². The van der Waals surface area contributed by atoms with Gasteiger partial charge in [0.1, 0.15) is 0 Å². The van der Waals surface area contributed by atoms with Gasteiger partial charge in [-0.15, -0.1) is 0 Å². The van der Waals surface area contributed by atoms with Crippen molar-refractivity contribution >= 4 is 19.3 Å². The van der Waals surface area contributed by atoms with Crippen LogP contribution in [0.25, 0.3) is 5.57 Å². The molecule has 1 aromatic carbocycles. The van der Waals surface area contributed by atoms with Gasteiger partial charge >= 0.3 is 0 Å². The lowest BCUT2D eigenvalue weighted by atomic mass is 10.0. The van der Waals surface area contributed by atoms with Gasteiger partial charge in [0, 0.05) is 20.2 Å². The minimum atomic E-state index is -1.19. The third kappa shape index (κ3) is 4.11. The van der Waals surface area contributed by atoms with Gasteiger partial charge in [-0.3, -0.25) is 10.1 Å². The maximum Gasteiger partial charge on any atom is 0.269 e. The van der Waals surface area contributed by atoms with Crippen LogP contribution in [0.5, 0.6) is 0 Å². The fourth-order valence-corrected chi connectivity index (χ4v) is 3.50. The maximum absolute atomic E-state index is 10.6. The molecule has 1 rings (SSSR count). The number of non-ortho nitro benzene ring substituents is 1. The summed E-state index contributed by atoms with van der Waals surface area (Å²) in [6, 6.07) is 8.00. The first-order valence-electron chi connectivity index (χ1n) is 6.12. The zero-order valence-corrected chi connectivity index (χ0v) is 12.8. The van der Waals surface area contributed by atoms with Crippen molar-refractivity contribution in [2.45, 2.75) is 39.5 Å². The zero-order chi connectivity index (χ0) is 13.9. The highest BCUT2D eigenvalue weighted by molar-refractivity contribution is 6.77. The normalized spacial score (nSPS) is 11.2. The van der Waals surface area contributed by atoms with E-state index in [1.165, 1.54) is 11.1 Å². The highest BCUT2D eigenvalue weighted by atomic mass is 28.3. The Kier molecular flexibility index (Phi) is 4.46. The van der Waals surface area contributed by atoms with Crippen molar-refractivity contribution in [3.8, 4) is 0 Å². The molecular weight excluding hydrogens is 242 g/mol. The van der Waals surface area contributed by atoms with Crippen LogP contribution in [0.15, 0.2) is 29.8 Å². The smallest absolute Gasteiger partial charge is 0.258 e. The van der Waals surface area contributed by atoms with Crippen molar-refractivity contribution < 1.29 is 4.92 Å². The molecule has 0 heterocycles. The maximum atomic E-state index is 10.6. The van der Waals surface area contributed by atoms with E-state index in [2.05, 4.69) is 33.5 Å². The van der Waals surface area contributed by atoms with Crippen LogP contribution < -0.4 is 0 Å². The lowest BCUT2D eigenvalue weighted by molar-refractivity contribution is -0.384. The molecule has 0 saturated carbocycles. The molecule has 0 aliphatic carbocycles. The van der Waals surface area contributed by atoms with Gasteiger partial charge in [-0.1, -0.05) is 25.2 Å². The predicted molar refractivity (Wildman–Crippen MR) is 79.5 cm³/mol. The molecule has 0 atom stereocenters. The Morgan fingerprint density at radius 3 is 2.00 bits per heavy atom. The molecule has 0 N–H and O–H groups in total. The van der Waals surface area contributed by atoms with Gasteiger partial charge in [0.25, 0.3) is 5.69 Å². The minimum absolute atomic E-state index is 0.153. The molecule has 0 saturated heterocycles. The molecule has 18 heavy (non-hydrogen) atoms. The van der Waals surface area contributed by atoms with E-state index in [0.717, 1.165) is 11.6 Å². The van der Waals surface area contributed by atoms with E-state index < -0.39 is 8.07 Å². The van der Waals surface area contributed by atoms with Crippen LogP contribution in [0.4, 0.5) is 5.69 Å². The zero-order valence-electron chi connectivity index (χ0n) is 11.8. The Hall–Kier alpha value is -1.42. The molecule has 0 spiro atoms. The van der Waals surface area contributed by atoms with Gasteiger partial charge in [-0.2, -0.15) is 0 Å². The summed E-state index contributed by atoms with van der Waals surface area (Å²) in [5.41, 5.74) is 3.90. The monoisotopic (exact) mass is 263 g/mol. The molecule has 0 fully saturated rings. The van der Waals surface area contributed by atoms with E-state index in [-0.39, 0.29) is 10.6 Å². The fraction of sp³-hybridized carbons (Fsp3) is 0.429. The Morgan fingerprint density at radius 1 is 1.17 bits per heavy atom. The van der Waals surface area contributed by atoms with Gasteiger partial charge in [0.15, 0.2) is 0 Å². The number of nitro benzene ring substituents is 1. The standard InChI is InChI=1S/C14H21NO2Si/c1-11(2)14(10-18(3,4)5)12-6-8-13(9-7-12)15(16)17/h6-9H,10H2,1-5H3. The highest BCUT2D eigenvalue weighted by Gasteiger charge is 2.18. The molecule has 1 aromatic rings. The van der Waals surface area contributed by atoms with Crippen LogP contribution in [0.1, 0.15) is 19.4 Å². The van der Waals surface area contributed by atoms with Gasteiger partial charge in [0.05, 0.1) is 4.92 Å². The van der Waals surface area contributed by atoms with Crippen molar-refractivity contribution in [3.63, 3.8) is 0 Å². The first-order chi connectivity index (χ1) is 8.20. The molecule has 0 radical (unpaired) electrons. The van der Waals surface area contributed by atoms with Crippen LogP contribution in [0, 0.1) is 10.1 Å². The molecular formula is C14H21NO2Si. The van der Waals surface area contributed by atoms with Crippen LogP contribution in [0.3, 0.4) is 0 Å². The summed E-state index contributed by atoms with van der Waals surface area (Å²) in [7, 11) is -1.19. The van der Waals surface area contributed by atoms with Gasteiger partial charge < -0.3 is 0 Å². The van der Waals surface area contributed by atoms with Gasteiger partial charge in [-0.25, -0.2) is 0 Å². The summed E-state index contributed by atoms with van der Waals surface area (Å²) in [6.07, 6.45) is 0. The molecule has 0 aliphatic rings. The Balaban J connectivity index is 3.09. The number of allylic oxidation sites excluding steroid dienone is 2. The number of benzene rings is 1. The Labute approximate surface area is 110 Å². The van der Waals surface area contributed by atoms with Crippen molar-refractivity contribution in [1.29, 1.82) is 0 Å². The molecule has 0 bridgehead atoms. The van der Waals surface area contributed by atoms with E-state index in [4.69, 9.17) is 0 Å². The Morgan fingerprint density at radius 2 is 1.67 bits per heavy atom. The second-order valence-electron chi connectivity index (χ2n) is 6.02. The topological polar surface area (TPSA) is 43.1 Å². The van der Waals surface area contributed by atoms with E-state index >= 15 is 0 Å². The average Bonchev–Trinajstić information content (AvgIpc) is 2.24. The first kappa shape index (κ1) is 14.6. The largest absolute Gasteiger partial charge is 0.269 e. The summed E-state index contributed by atoms with van der Waals surface area (Å²) in [5, 5.41) is 10.6. The highest BCUT2D eigenvalue weighted by Crippen LogP contribution is 2.29. The predicted octanol–water partition coefficient (Wildman–Crippen LogP) is 4.73. The first-order valence-corrected chi connectivity index (χ1v) is 9.82. The number of rotatable bonds is 4. The third-order valence-electron chi connectivity index (χ3n) is 2.74. The summed E-state index contributed by atoms with van der Waals surface area (Å²) < 4.78 is 0. The van der Waals surface area contributed by atoms with Crippen molar-refractivity contribution in [3.05, 3.63) is 45.5 Å². The van der Waals surface area contributed by atoms with Gasteiger partial charge in [0.2, 0.25) is 0 Å². The summed E-state index contributed by atoms with van der Waals surface area (Å²) >= 11 is 0. The molecule has 3 nitrogen and oxygen atoms in total. The second-order valence-corrected chi connectivity index (χ2v) is 11.5. The number of hydrogen-bond acceptors (Lipinski definition) is 2. The van der Waals surface area contributed by atoms with E-state index in [1.54, 1.807) is 12.1 Å². The Bertz CT molecular complexity index is 466. The summed E-state index contributed by atoms with van der Waals surface area (Å²) in [5.74, 6) is 0. The molecule has 98 valence electrons. The van der Waals surface area contributed by atoms with Crippen LogP contribution in [-0.2, 0) is 0 Å². The lowest BCUT2D eigenvalue weighted by Crippen LogP contribution is -2.19. The van der Waals surface area contributed by atoms with Crippen LogP contribution in [0.2, 0.25) is 25.7 Å². The van der Waals surface area contributed by atoms with Crippen molar-refractivity contribution in [2.24, 2.45) is 0 Å². The third-order valence-corrected chi connectivity index (χ3v) is 4.15. The number of hydrogen-bond donors (Lipinski definition) is 0.